The molecule has 1 aromatic carbocycles. The number of methoxy groups -OCH3 is 1. The van der Waals surface area contributed by atoms with Crippen LogP contribution in [0.3, 0.4) is 0 Å². The van der Waals surface area contributed by atoms with E-state index in [0.717, 1.165) is 0 Å². The van der Waals surface area contributed by atoms with Crippen LogP contribution in [0.15, 0.2) is 54.9 Å². The van der Waals surface area contributed by atoms with Crippen LogP contribution in [-0.4, -0.2) is 42.5 Å². The highest BCUT2D eigenvalue weighted by atomic mass is 16.7. The van der Waals surface area contributed by atoms with Crippen molar-refractivity contribution in [1.29, 1.82) is 0 Å². The summed E-state index contributed by atoms with van der Waals surface area (Å²) in [6.45, 7) is 0. The van der Waals surface area contributed by atoms with E-state index in [4.69, 9.17) is 19.9 Å². The van der Waals surface area contributed by atoms with E-state index in [1.807, 2.05) is 6.07 Å². The standard InChI is InChI=1S/C21H22N2O5/c1-26-19-12-17(28-21(25)15-5-3-2-4-6-15)11-16(27-19)8-7-14-9-10-23-13-18(14)20(22)24/h2-10,13,16-17,19H,11-12H2,1H3,(H2,22,24)/b8-7+/t16-,17-,19+/m0/s1. The summed E-state index contributed by atoms with van der Waals surface area (Å²) in [6.07, 6.45) is 6.28. The number of pyridine rings is 1. The summed E-state index contributed by atoms with van der Waals surface area (Å²) in [7, 11) is 1.54. The number of hydrogen-bond acceptors (Lipinski definition) is 6. The highest BCUT2D eigenvalue weighted by molar-refractivity contribution is 5.96. The van der Waals surface area contributed by atoms with Gasteiger partial charge in [-0.15, -0.1) is 0 Å². The molecule has 1 amide bonds. The molecule has 0 spiro atoms. The molecular formula is C21H22N2O5. The van der Waals surface area contributed by atoms with Crippen LogP contribution in [0.1, 0.15) is 39.1 Å². The maximum Gasteiger partial charge on any atom is 0.338 e. The van der Waals surface area contributed by atoms with Gasteiger partial charge in [-0.2, -0.15) is 0 Å². The summed E-state index contributed by atoms with van der Waals surface area (Å²) in [6, 6.07) is 10.5. The zero-order chi connectivity index (χ0) is 19.9. The summed E-state index contributed by atoms with van der Waals surface area (Å²) in [5.74, 6) is -0.933. The lowest BCUT2D eigenvalue weighted by molar-refractivity contribution is -0.191. The Labute approximate surface area is 163 Å². The van der Waals surface area contributed by atoms with Crippen molar-refractivity contribution in [3.05, 3.63) is 71.6 Å². The number of ether oxygens (including phenoxy) is 3. The van der Waals surface area contributed by atoms with E-state index in [2.05, 4.69) is 4.98 Å². The predicted octanol–water partition coefficient (Wildman–Crippen LogP) is 2.57. The van der Waals surface area contributed by atoms with Gasteiger partial charge in [-0.3, -0.25) is 9.78 Å². The van der Waals surface area contributed by atoms with Crippen LogP contribution in [0, 0.1) is 0 Å². The zero-order valence-electron chi connectivity index (χ0n) is 15.5. The van der Waals surface area contributed by atoms with Crippen molar-refractivity contribution in [2.24, 2.45) is 5.73 Å². The third-order valence-corrected chi connectivity index (χ3v) is 4.43. The SMILES string of the molecule is CO[C@H]1C[C@@H](OC(=O)c2ccccc2)C[C@H](/C=C/c2ccncc2C(N)=O)O1. The van der Waals surface area contributed by atoms with Gasteiger partial charge in [-0.25, -0.2) is 4.79 Å². The van der Waals surface area contributed by atoms with Gasteiger partial charge in [0.1, 0.15) is 6.10 Å². The first-order valence-corrected chi connectivity index (χ1v) is 8.93. The largest absolute Gasteiger partial charge is 0.458 e. The Balaban J connectivity index is 1.70. The van der Waals surface area contributed by atoms with Gasteiger partial charge in [-0.05, 0) is 23.8 Å². The average Bonchev–Trinajstić information content (AvgIpc) is 2.72. The number of esters is 1. The van der Waals surface area contributed by atoms with Crippen molar-refractivity contribution < 1.29 is 23.8 Å². The van der Waals surface area contributed by atoms with E-state index in [0.29, 0.717) is 29.5 Å². The highest BCUT2D eigenvalue weighted by Crippen LogP contribution is 2.25. The van der Waals surface area contributed by atoms with E-state index >= 15 is 0 Å². The number of carbonyl (C=O) groups is 2. The molecule has 1 aliphatic rings. The molecule has 7 nitrogen and oxygen atoms in total. The Kier molecular flexibility index (Phi) is 6.52. The Morgan fingerprint density at radius 2 is 2.00 bits per heavy atom. The van der Waals surface area contributed by atoms with Crippen molar-refractivity contribution in [3.63, 3.8) is 0 Å². The first-order valence-electron chi connectivity index (χ1n) is 8.93. The molecule has 3 rings (SSSR count). The molecule has 2 aromatic rings. The molecule has 1 aliphatic heterocycles. The molecule has 7 heteroatoms. The van der Waals surface area contributed by atoms with Crippen molar-refractivity contribution >= 4 is 18.0 Å². The van der Waals surface area contributed by atoms with Gasteiger partial charge < -0.3 is 19.9 Å². The summed E-state index contributed by atoms with van der Waals surface area (Å²) in [4.78, 5) is 27.8. The van der Waals surface area contributed by atoms with Crippen LogP contribution in [0.2, 0.25) is 0 Å². The molecule has 0 radical (unpaired) electrons. The number of nitrogens with two attached hydrogens (primary N) is 1. The molecule has 28 heavy (non-hydrogen) atoms. The van der Waals surface area contributed by atoms with Crippen LogP contribution in [0.4, 0.5) is 0 Å². The number of carbonyl (C=O) groups excluding carboxylic acids is 2. The van der Waals surface area contributed by atoms with Crippen LogP contribution in [0.25, 0.3) is 6.08 Å². The van der Waals surface area contributed by atoms with E-state index in [-0.39, 0.29) is 18.2 Å². The van der Waals surface area contributed by atoms with Gasteiger partial charge in [0.2, 0.25) is 0 Å². The summed E-state index contributed by atoms with van der Waals surface area (Å²) < 4.78 is 16.8. The van der Waals surface area contributed by atoms with Crippen molar-refractivity contribution in [3.8, 4) is 0 Å². The molecule has 2 N–H and O–H groups in total. The van der Waals surface area contributed by atoms with Crippen molar-refractivity contribution in [1.82, 2.24) is 4.98 Å². The fourth-order valence-corrected chi connectivity index (χ4v) is 3.01. The minimum atomic E-state index is -0.554. The molecule has 2 heterocycles. The maximum absolute atomic E-state index is 12.3. The Bertz CT molecular complexity index is 853. The molecule has 0 bridgehead atoms. The van der Waals surface area contributed by atoms with Crippen molar-refractivity contribution in [2.45, 2.75) is 31.3 Å². The van der Waals surface area contributed by atoms with Gasteiger partial charge in [0.25, 0.3) is 5.91 Å². The lowest BCUT2D eigenvalue weighted by Gasteiger charge is -2.33. The number of hydrogen-bond donors (Lipinski definition) is 1. The first kappa shape index (κ1) is 19.7. The second-order valence-electron chi connectivity index (χ2n) is 6.39. The van der Waals surface area contributed by atoms with E-state index in [9.17, 15) is 9.59 Å². The molecule has 0 saturated carbocycles. The number of aromatic nitrogens is 1. The Hall–Kier alpha value is -3.03. The molecule has 1 fully saturated rings. The van der Waals surface area contributed by atoms with Gasteiger partial charge >= 0.3 is 5.97 Å². The lowest BCUT2D eigenvalue weighted by atomic mass is 10.0. The number of amides is 1. The van der Waals surface area contributed by atoms with Gasteiger partial charge in [0, 0.05) is 32.3 Å². The first-order chi connectivity index (χ1) is 13.6. The number of nitrogens with zero attached hydrogens (tertiary/aromatic N) is 1. The molecule has 1 aromatic heterocycles. The quantitative estimate of drug-likeness (QED) is 0.771. The summed E-state index contributed by atoms with van der Waals surface area (Å²) in [5, 5.41) is 0. The molecular weight excluding hydrogens is 360 g/mol. The number of rotatable bonds is 6. The summed E-state index contributed by atoms with van der Waals surface area (Å²) >= 11 is 0. The Morgan fingerprint density at radius 1 is 1.21 bits per heavy atom. The maximum atomic E-state index is 12.3. The highest BCUT2D eigenvalue weighted by Gasteiger charge is 2.31. The zero-order valence-corrected chi connectivity index (χ0v) is 15.5. The van der Waals surface area contributed by atoms with Gasteiger partial charge in [0.15, 0.2) is 6.29 Å². The molecule has 1 saturated heterocycles. The van der Waals surface area contributed by atoms with Gasteiger partial charge in [0.05, 0.1) is 17.2 Å². The monoisotopic (exact) mass is 382 g/mol. The minimum Gasteiger partial charge on any atom is -0.458 e. The molecule has 0 unspecified atom stereocenters. The van der Waals surface area contributed by atoms with Crippen LogP contribution in [-0.2, 0) is 14.2 Å². The fraction of sp³-hybridized carbons (Fsp3) is 0.286. The van der Waals surface area contributed by atoms with Crippen LogP contribution in [0.5, 0.6) is 0 Å². The minimum absolute atomic E-state index is 0.324. The van der Waals surface area contributed by atoms with E-state index in [1.54, 1.807) is 55.8 Å². The molecule has 3 atom stereocenters. The summed E-state index contributed by atoms with van der Waals surface area (Å²) in [5.41, 5.74) is 6.84. The second kappa shape index (κ2) is 9.25. The number of primary amides is 1. The van der Waals surface area contributed by atoms with Crippen LogP contribution >= 0.6 is 0 Å². The third kappa shape index (κ3) is 5.03. The molecule has 146 valence electrons. The fourth-order valence-electron chi connectivity index (χ4n) is 3.01. The predicted molar refractivity (Wildman–Crippen MR) is 102 cm³/mol. The second-order valence-corrected chi connectivity index (χ2v) is 6.39. The Morgan fingerprint density at radius 3 is 2.71 bits per heavy atom. The molecule has 0 aliphatic carbocycles. The van der Waals surface area contributed by atoms with E-state index < -0.39 is 12.2 Å². The number of benzene rings is 1. The lowest BCUT2D eigenvalue weighted by Crippen LogP contribution is -2.38. The normalized spacial score (nSPS) is 22.1. The topological polar surface area (TPSA) is 101 Å². The third-order valence-electron chi connectivity index (χ3n) is 4.43. The van der Waals surface area contributed by atoms with Gasteiger partial charge in [-0.1, -0.05) is 30.4 Å². The van der Waals surface area contributed by atoms with Crippen LogP contribution < -0.4 is 5.73 Å². The smallest absolute Gasteiger partial charge is 0.338 e. The van der Waals surface area contributed by atoms with E-state index in [1.165, 1.54) is 6.20 Å². The van der Waals surface area contributed by atoms with Crippen molar-refractivity contribution in [2.75, 3.05) is 7.11 Å². The average molecular weight is 382 g/mol.